The highest BCUT2D eigenvalue weighted by Gasteiger charge is 2.06. The Morgan fingerprint density at radius 3 is 3.08 bits per heavy atom. The summed E-state index contributed by atoms with van der Waals surface area (Å²) in [5, 5.41) is 3.12. The van der Waals surface area contributed by atoms with Crippen molar-refractivity contribution in [1.82, 2.24) is 5.32 Å². The standard InChI is InChI=1S/C9H14N2O2/c1-7(8-3-2-6-13-8)11-5-4-9(10)12/h2-3,6-7,11H,4-5H2,1H3,(H2,10,12)/t7-/m1/s1. The van der Waals surface area contributed by atoms with Crippen LogP contribution in [-0.2, 0) is 4.79 Å². The minimum Gasteiger partial charge on any atom is -0.468 e. The number of primary amides is 1. The molecule has 4 heteroatoms. The largest absolute Gasteiger partial charge is 0.468 e. The van der Waals surface area contributed by atoms with Gasteiger partial charge >= 0.3 is 0 Å². The summed E-state index contributed by atoms with van der Waals surface area (Å²) >= 11 is 0. The molecule has 0 aromatic carbocycles. The van der Waals surface area contributed by atoms with Gasteiger partial charge in [-0.1, -0.05) is 0 Å². The summed E-state index contributed by atoms with van der Waals surface area (Å²) in [5.41, 5.74) is 4.99. The van der Waals surface area contributed by atoms with Gasteiger partial charge in [0.05, 0.1) is 12.3 Å². The van der Waals surface area contributed by atoms with Crippen LogP contribution in [0.15, 0.2) is 22.8 Å². The molecule has 1 aromatic heterocycles. The van der Waals surface area contributed by atoms with Crippen LogP contribution in [0, 0.1) is 0 Å². The zero-order valence-electron chi connectivity index (χ0n) is 7.62. The monoisotopic (exact) mass is 182 g/mol. The van der Waals surface area contributed by atoms with Gasteiger partial charge in [-0.3, -0.25) is 4.79 Å². The second kappa shape index (κ2) is 4.67. The summed E-state index contributed by atoms with van der Waals surface area (Å²) in [4.78, 5) is 10.4. The Morgan fingerprint density at radius 1 is 1.77 bits per heavy atom. The first-order valence-corrected chi connectivity index (χ1v) is 4.25. The summed E-state index contributed by atoms with van der Waals surface area (Å²) in [6, 6.07) is 3.85. The van der Waals surface area contributed by atoms with E-state index in [2.05, 4.69) is 5.32 Å². The lowest BCUT2D eigenvalue weighted by molar-refractivity contribution is -0.117. The number of rotatable bonds is 5. The van der Waals surface area contributed by atoms with Crippen molar-refractivity contribution in [3.05, 3.63) is 24.2 Å². The maximum absolute atomic E-state index is 10.4. The molecule has 1 heterocycles. The second-order valence-electron chi connectivity index (χ2n) is 2.91. The molecule has 1 rings (SSSR count). The first-order valence-electron chi connectivity index (χ1n) is 4.25. The minimum absolute atomic E-state index is 0.120. The van der Waals surface area contributed by atoms with E-state index >= 15 is 0 Å². The van der Waals surface area contributed by atoms with Crippen LogP contribution in [0.1, 0.15) is 25.1 Å². The van der Waals surface area contributed by atoms with Crippen molar-refractivity contribution >= 4 is 5.91 Å². The lowest BCUT2D eigenvalue weighted by atomic mass is 10.2. The molecule has 1 amide bonds. The minimum atomic E-state index is -0.292. The molecule has 1 aromatic rings. The van der Waals surface area contributed by atoms with Crippen LogP contribution in [0.4, 0.5) is 0 Å². The molecule has 3 N–H and O–H groups in total. The summed E-state index contributed by atoms with van der Waals surface area (Å²) in [6.07, 6.45) is 1.98. The maximum atomic E-state index is 10.4. The molecule has 0 saturated carbocycles. The molecule has 0 spiro atoms. The highest BCUT2D eigenvalue weighted by atomic mass is 16.3. The number of amides is 1. The van der Waals surface area contributed by atoms with Gasteiger partial charge in [-0.25, -0.2) is 0 Å². The molecule has 1 atom stereocenters. The summed E-state index contributed by atoms with van der Waals surface area (Å²) in [5.74, 6) is 0.573. The van der Waals surface area contributed by atoms with Gasteiger partial charge in [-0.05, 0) is 19.1 Å². The number of carbonyl (C=O) groups excluding carboxylic acids is 1. The molecule has 4 nitrogen and oxygen atoms in total. The molecule has 0 aliphatic carbocycles. The van der Waals surface area contributed by atoms with Crippen molar-refractivity contribution in [1.29, 1.82) is 0 Å². The van der Waals surface area contributed by atoms with E-state index in [1.165, 1.54) is 0 Å². The second-order valence-corrected chi connectivity index (χ2v) is 2.91. The number of nitrogens with one attached hydrogen (secondary N) is 1. The first-order chi connectivity index (χ1) is 6.20. The molecule has 72 valence electrons. The van der Waals surface area contributed by atoms with Crippen LogP contribution >= 0.6 is 0 Å². The predicted molar refractivity (Wildman–Crippen MR) is 48.9 cm³/mol. The molecule has 0 radical (unpaired) electrons. The van der Waals surface area contributed by atoms with E-state index in [0.29, 0.717) is 13.0 Å². The number of hydrogen-bond donors (Lipinski definition) is 2. The van der Waals surface area contributed by atoms with Crippen LogP contribution < -0.4 is 11.1 Å². The zero-order valence-corrected chi connectivity index (χ0v) is 7.62. The van der Waals surface area contributed by atoms with Crippen molar-refractivity contribution in [2.75, 3.05) is 6.54 Å². The molecular formula is C9H14N2O2. The Kier molecular flexibility index (Phi) is 3.52. The van der Waals surface area contributed by atoms with Crippen LogP contribution in [0.25, 0.3) is 0 Å². The average Bonchev–Trinajstić information content (AvgIpc) is 2.55. The third kappa shape index (κ3) is 3.29. The Bertz CT molecular complexity index is 257. The summed E-state index contributed by atoms with van der Waals surface area (Å²) in [6.45, 7) is 2.55. The van der Waals surface area contributed by atoms with Gasteiger partial charge in [-0.15, -0.1) is 0 Å². The third-order valence-electron chi connectivity index (χ3n) is 1.79. The van der Waals surface area contributed by atoms with Gasteiger partial charge in [0.25, 0.3) is 0 Å². The molecule has 0 aliphatic rings. The molecule has 0 aliphatic heterocycles. The fourth-order valence-corrected chi connectivity index (χ4v) is 1.05. The number of nitrogens with two attached hydrogens (primary N) is 1. The normalized spacial score (nSPS) is 12.7. The zero-order chi connectivity index (χ0) is 9.68. The summed E-state index contributed by atoms with van der Waals surface area (Å²) < 4.78 is 5.17. The molecule has 0 saturated heterocycles. The molecule has 0 bridgehead atoms. The van der Waals surface area contributed by atoms with Gasteiger partial charge in [0, 0.05) is 13.0 Å². The van der Waals surface area contributed by atoms with E-state index in [-0.39, 0.29) is 11.9 Å². The topological polar surface area (TPSA) is 68.3 Å². The number of carbonyl (C=O) groups is 1. The lowest BCUT2D eigenvalue weighted by Gasteiger charge is -2.09. The third-order valence-corrected chi connectivity index (χ3v) is 1.79. The fourth-order valence-electron chi connectivity index (χ4n) is 1.05. The highest BCUT2D eigenvalue weighted by molar-refractivity contribution is 5.73. The van der Waals surface area contributed by atoms with Gasteiger partial charge in [-0.2, -0.15) is 0 Å². The van der Waals surface area contributed by atoms with Crippen LogP contribution in [0.5, 0.6) is 0 Å². The van der Waals surface area contributed by atoms with Crippen molar-refractivity contribution in [2.24, 2.45) is 5.73 Å². The Balaban J connectivity index is 2.26. The van der Waals surface area contributed by atoms with Crippen LogP contribution in [0.3, 0.4) is 0 Å². The average molecular weight is 182 g/mol. The van der Waals surface area contributed by atoms with Gasteiger partial charge in [0.2, 0.25) is 5.91 Å². The Hall–Kier alpha value is -1.29. The van der Waals surface area contributed by atoms with E-state index in [1.54, 1.807) is 6.26 Å². The van der Waals surface area contributed by atoms with Gasteiger partial charge in [0.15, 0.2) is 0 Å². The predicted octanol–water partition coefficient (Wildman–Crippen LogP) is 0.806. The molecule has 13 heavy (non-hydrogen) atoms. The number of furan rings is 1. The molecule has 0 unspecified atom stereocenters. The van der Waals surface area contributed by atoms with E-state index in [9.17, 15) is 4.79 Å². The van der Waals surface area contributed by atoms with Crippen molar-refractivity contribution < 1.29 is 9.21 Å². The van der Waals surface area contributed by atoms with Crippen molar-refractivity contribution in [3.63, 3.8) is 0 Å². The molecular weight excluding hydrogens is 168 g/mol. The van der Waals surface area contributed by atoms with E-state index < -0.39 is 0 Å². The quantitative estimate of drug-likeness (QED) is 0.707. The van der Waals surface area contributed by atoms with E-state index in [4.69, 9.17) is 10.2 Å². The summed E-state index contributed by atoms with van der Waals surface area (Å²) in [7, 11) is 0. The highest BCUT2D eigenvalue weighted by Crippen LogP contribution is 2.11. The lowest BCUT2D eigenvalue weighted by Crippen LogP contribution is -2.24. The van der Waals surface area contributed by atoms with Crippen LogP contribution in [0.2, 0.25) is 0 Å². The van der Waals surface area contributed by atoms with Gasteiger partial charge in [0.1, 0.15) is 5.76 Å². The fraction of sp³-hybridized carbons (Fsp3) is 0.444. The molecule has 0 fully saturated rings. The van der Waals surface area contributed by atoms with Crippen molar-refractivity contribution in [3.8, 4) is 0 Å². The first kappa shape index (κ1) is 9.80. The van der Waals surface area contributed by atoms with E-state index in [1.807, 2.05) is 19.1 Å². The Labute approximate surface area is 77.1 Å². The smallest absolute Gasteiger partial charge is 0.218 e. The van der Waals surface area contributed by atoms with Crippen LogP contribution in [-0.4, -0.2) is 12.5 Å². The van der Waals surface area contributed by atoms with Crippen molar-refractivity contribution in [2.45, 2.75) is 19.4 Å². The van der Waals surface area contributed by atoms with Gasteiger partial charge < -0.3 is 15.5 Å². The number of hydrogen-bond acceptors (Lipinski definition) is 3. The Morgan fingerprint density at radius 2 is 2.54 bits per heavy atom. The van der Waals surface area contributed by atoms with E-state index in [0.717, 1.165) is 5.76 Å². The maximum Gasteiger partial charge on any atom is 0.218 e. The SMILES string of the molecule is C[C@@H](NCCC(N)=O)c1ccco1.